The number of carbonyl (C=O) groups is 1. The summed E-state index contributed by atoms with van der Waals surface area (Å²) in [6, 6.07) is 0. The van der Waals surface area contributed by atoms with Gasteiger partial charge in [0.15, 0.2) is 0 Å². The molecule has 1 saturated carbocycles. The van der Waals surface area contributed by atoms with Crippen molar-refractivity contribution in [3.05, 3.63) is 10.4 Å². The summed E-state index contributed by atoms with van der Waals surface area (Å²) in [5, 5.41) is 13.6. The highest BCUT2D eigenvalue weighted by Gasteiger charge is 2.46. The highest BCUT2D eigenvalue weighted by Crippen LogP contribution is 2.41. The van der Waals surface area contributed by atoms with Crippen LogP contribution in [0.2, 0.25) is 0 Å². The number of ether oxygens (including phenoxy) is 1. The smallest absolute Gasteiger partial charge is 0.314 e. The molecule has 6 nitrogen and oxygen atoms in total. The second kappa shape index (κ2) is 7.24. The topological polar surface area (TPSA) is 95.3 Å². The molecular weight excluding hydrogens is 234 g/mol. The lowest BCUT2D eigenvalue weighted by molar-refractivity contribution is -0.167. The SMILES string of the molecule is CCOC(=O)C1(CCCN=[N+]=[N-])CCCCC1O. The minimum atomic E-state index is -0.792. The van der Waals surface area contributed by atoms with Crippen molar-refractivity contribution in [2.45, 2.75) is 51.6 Å². The Morgan fingerprint density at radius 2 is 2.39 bits per heavy atom. The lowest BCUT2D eigenvalue weighted by Crippen LogP contribution is -2.46. The number of aliphatic hydroxyl groups excluding tert-OH is 1. The maximum Gasteiger partial charge on any atom is 0.314 e. The van der Waals surface area contributed by atoms with Gasteiger partial charge >= 0.3 is 5.97 Å². The molecule has 1 aliphatic rings. The van der Waals surface area contributed by atoms with Crippen LogP contribution in [0.25, 0.3) is 10.4 Å². The number of hydrogen-bond donors (Lipinski definition) is 1. The molecule has 0 saturated heterocycles. The zero-order valence-electron chi connectivity index (χ0n) is 10.8. The summed E-state index contributed by atoms with van der Waals surface area (Å²) >= 11 is 0. The summed E-state index contributed by atoms with van der Waals surface area (Å²) in [7, 11) is 0. The van der Waals surface area contributed by atoms with E-state index in [0.717, 1.165) is 12.8 Å². The summed E-state index contributed by atoms with van der Waals surface area (Å²) in [5.74, 6) is -0.307. The van der Waals surface area contributed by atoms with Gasteiger partial charge in [0.1, 0.15) is 0 Å². The van der Waals surface area contributed by atoms with E-state index in [4.69, 9.17) is 10.3 Å². The van der Waals surface area contributed by atoms with Gasteiger partial charge in [-0.1, -0.05) is 18.0 Å². The Hall–Kier alpha value is -1.26. The maximum atomic E-state index is 12.1. The van der Waals surface area contributed by atoms with Crippen LogP contribution in [0.5, 0.6) is 0 Å². The molecule has 0 amide bonds. The van der Waals surface area contributed by atoms with Crippen LogP contribution < -0.4 is 0 Å². The molecule has 0 aromatic heterocycles. The van der Waals surface area contributed by atoms with Crippen molar-refractivity contribution in [3.63, 3.8) is 0 Å². The molecule has 18 heavy (non-hydrogen) atoms. The first-order chi connectivity index (χ1) is 8.67. The minimum absolute atomic E-state index is 0.307. The van der Waals surface area contributed by atoms with Gasteiger partial charge in [0, 0.05) is 11.5 Å². The van der Waals surface area contributed by atoms with Crippen LogP contribution in [-0.4, -0.2) is 30.3 Å². The van der Waals surface area contributed by atoms with Gasteiger partial charge in [0.2, 0.25) is 0 Å². The molecule has 2 unspecified atom stereocenters. The zero-order chi connectivity index (χ0) is 13.4. The molecule has 1 aliphatic carbocycles. The van der Waals surface area contributed by atoms with E-state index < -0.39 is 11.5 Å². The van der Waals surface area contributed by atoms with E-state index in [1.54, 1.807) is 6.92 Å². The van der Waals surface area contributed by atoms with Crippen LogP contribution in [0.15, 0.2) is 5.11 Å². The largest absolute Gasteiger partial charge is 0.465 e. The van der Waals surface area contributed by atoms with E-state index >= 15 is 0 Å². The fourth-order valence-corrected chi connectivity index (χ4v) is 2.64. The third kappa shape index (κ3) is 3.37. The Balaban J connectivity index is 2.72. The van der Waals surface area contributed by atoms with Gasteiger partial charge in [-0.05, 0) is 38.1 Å². The number of azide groups is 1. The number of carbonyl (C=O) groups excluding carboxylic acids is 1. The van der Waals surface area contributed by atoms with E-state index in [9.17, 15) is 9.90 Å². The molecule has 2 atom stereocenters. The number of hydrogen-bond acceptors (Lipinski definition) is 4. The molecule has 0 spiro atoms. The van der Waals surface area contributed by atoms with Crippen LogP contribution in [-0.2, 0) is 9.53 Å². The van der Waals surface area contributed by atoms with Gasteiger partial charge in [-0.25, -0.2) is 0 Å². The van der Waals surface area contributed by atoms with Crippen molar-refractivity contribution < 1.29 is 14.6 Å². The van der Waals surface area contributed by atoms with Gasteiger partial charge in [-0.15, -0.1) is 0 Å². The Morgan fingerprint density at radius 3 is 3.00 bits per heavy atom. The van der Waals surface area contributed by atoms with Crippen LogP contribution in [0.4, 0.5) is 0 Å². The Labute approximate surface area is 107 Å². The van der Waals surface area contributed by atoms with Crippen molar-refractivity contribution in [1.82, 2.24) is 0 Å². The van der Waals surface area contributed by atoms with Crippen molar-refractivity contribution in [3.8, 4) is 0 Å². The summed E-state index contributed by atoms with van der Waals surface area (Å²) in [6.07, 6.45) is 3.64. The predicted octanol–water partition coefficient (Wildman–Crippen LogP) is 2.56. The molecule has 0 aromatic carbocycles. The molecule has 6 heteroatoms. The Kier molecular flexibility index (Phi) is 5.95. The van der Waals surface area contributed by atoms with E-state index in [0.29, 0.717) is 38.8 Å². The predicted molar refractivity (Wildman–Crippen MR) is 66.8 cm³/mol. The van der Waals surface area contributed by atoms with Crippen molar-refractivity contribution >= 4 is 5.97 Å². The molecule has 1 N–H and O–H groups in total. The standard InChI is InChI=1S/C12H21N3O3/c1-2-18-11(17)12(8-5-9-14-15-13)7-4-3-6-10(12)16/h10,16H,2-9H2,1H3. The fraction of sp³-hybridized carbons (Fsp3) is 0.917. The van der Waals surface area contributed by atoms with Gasteiger partial charge in [0.25, 0.3) is 0 Å². The summed E-state index contributed by atoms with van der Waals surface area (Å²) < 4.78 is 5.11. The lowest BCUT2D eigenvalue weighted by atomic mass is 9.69. The van der Waals surface area contributed by atoms with E-state index in [1.807, 2.05) is 0 Å². The van der Waals surface area contributed by atoms with Crippen LogP contribution in [0.3, 0.4) is 0 Å². The normalized spacial score (nSPS) is 27.3. The summed E-state index contributed by atoms with van der Waals surface area (Å²) in [5.41, 5.74) is 7.44. The highest BCUT2D eigenvalue weighted by molar-refractivity contribution is 5.77. The number of aliphatic hydroxyl groups is 1. The molecule has 0 bridgehead atoms. The first-order valence-electron chi connectivity index (χ1n) is 6.53. The molecule has 1 rings (SSSR count). The molecule has 0 heterocycles. The van der Waals surface area contributed by atoms with Crippen LogP contribution >= 0.6 is 0 Å². The van der Waals surface area contributed by atoms with Gasteiger partial charge in [0.05, 0.1) is 18.1 Å². The molecule has 0 radical (unpaired) electrons. The van der Waals surface area contributed by atoms with E-state index in [2.05, 4.69) is 10.0 Å². The average molecular weight is 255 g/mol. The number of esters is 1. The third-order valence-electron chi connectivity index (χ3n) is 3.61. The lowest BCUT2D eigenvalue weighted by Gasteiger charge is -2.39. The van der Waals surface area contributed by atoms with Crippen molar-refractivity contribution in [1.29, 1.82) is 0 Å². The number of rotatable bonds is 6. The molecular formula is C12H21N3O3. The fourth-order valence-electron chi connectivity index (χ4n) is 2.64. The van der Waals surface area contributed by atoms with Gasteiger partial charge in [-0.3, -0.25) is 4.79 Å². The first-order valence-corrected chi connectivity index (χ1v) is 6.53. The Morgan fingerprint density at radius 1 is 1.61 bits per heavy atom. The van der Waals surface area contributed by atoms with Crippen molar-refractivity contribution in [2.24, 2.45) is 10.5 Å². The summed E-state index contributed by atoms with van der Waals surface area (Å²) in [4.78, 5) is 14.8. The third-order valence-corrected chi connectivity index (χ3v) is 3.61. The maximum absolute atomic E-state index is 12.1. The van der Waals surface area contributed by atoms with Crippen LogP contribution in [0.1, 0.15) is 45.4 Å². The summed E-state index contributed by atoms with van der Waals surface area (Å²) in [6.45, 7) is 2.44. The van der Waals surface area contributed by atoms with Gasteiger partial charge in [-0.2, -0.15) is 0 Å². The Bertz CT molecular complexity index is 329. The van der Waals surface area contributed by atoms with Crippen molar-refractivity contribution in [2.75, 3.05) is 13.2 Å². The quantitative estimate of drug-likeness (QED) is 0.260. The van der Waals surface area contributed by atoms with Crippen LogP contribution in [0, 0.1) is 5.41 Å². The molecule has 0 aromatic rings. The molecule has 1 fully saturated rings. The molecule has 0 aliphatic heterocycles. The van der Waals surface area contributed by atoms with E-state index in [1.165, 1.54) is 0 Å². The second-order valence-corrected chi connectivity index (χ2v) is 4.70. The van der Waals surface area contributed by atoms with Gasteiger partial charge < -0.3 is 9.84 Å². The minimum Gasteiger partial charge on any atom is -0.465 e. The first kappa shape index (κ1) is 14.8. The monoisotopic (exact) mass is 255 g/mol. The molecule has 102 valence electrons. The van der Waals surface area contributed by atoms with E-state index in [-0.39, 0.29) is 5.97 Å². The average Bonchev–Trinajstić information content (AvgIpc) is 2.37. The highest BCUT2D eigenvalue weighted by atomic mass is 16.5. The second-order valence-electron chi connectivity index (χ2n) is 4.70. The number of nitrogens with zero attached hydrogens (tertiary/aromatic N) is 3. The zero-order valence-corrected chi connectivity index (χ0v) is 10.8.